The normalized spacial score (nSPS) is 19.8. The van der Waals surface area contributed by atoms with E-state index in [1.807, 2.05) is 0 Å². The highest BCUT2D eigenvalue weighted by Crippen LogP contribution is 2.10. The SMILES string of the molecule is CC(C)NC1CCN(CCCN(C)Cc2ccccc2)C1. The van der Waals surface area contributed by atoms with Crippen LogP contribution in [0.1, 0.15) is 32.3 Å². The van der Waals surface area contributed by atoms with Gasteiger partial charge < -0.3 is 15.1 Å². The predicted octanol–water partition coefficient (Wildman–Crippen LogP) is 2.58. The standard InChI is InChI=1S/C18H31N3/c1-16(2)19-18-10-13-21(15-18)12-7-11-20(3)14-17-8-5-4-6-9-17/h4-6,8-9,16,18-19H,7,10-15H2,1-3H3. The summed E-state index contributed by atoms with van der Waals surface area (Å²) in [4.78, 5) is 5.03. The van der Waals surface area contributed by atoms with Crippen LogP contribution in [-0.2, 0) is 6.54 Å². The van der Waals surface area contributed by atoms with E-state index < -0.39 is 0 Å². The number of hydrogen-bond donors (Lipinski definition) is 1. The molecule has 21 heavy (non-hydrogen) atoms. The quantitative estimate of drug-likeness (QED) is 0.793. The summed E-state index contributed by atoms with van der Waals surface area (Å²) in [6, 6.07) is 12.0. The molecule has 0 aromatic heterocycles. The fraction of sp³-hybridized carbons (Fsp3) is 0.667. The van der Waals surface area contributed by atoms with Crippen molar-refractivity contribution in [3.63, 3.8) is 0 Å². The van der Waals surface area contributed by atoms with Crippen LogP contribution in [0.15, 0.2) is 30.3 Å². The zero-order valence-corrected chi connectivity index (χ0v) is 13.9. The summed E-state index contributed by atoms with van der Waals surface area (Å²) in [7, 11) is 2.22. The average molecular weight is 289 g/mol. The van der Waals surface area contributed by atoms with Crippen LogP contribution in [0.5, 0.6) is 0 Å². The first-order valence-corrected chi connectivity index (χ1v) is 8.34. The molecule has 3 heteroatoms. The summed E-state index contributed by atoms with van der Waals surface area (Å²) < 4.78 is 0. The highest BCUT2D eigenvalue weighted by molar-refractivity contribution is 5.14. The second kappa shape index (κ2) is 8.52. The van der Waals surface area contributed by atoms with Crippen LogP contribution in [0.4, 0.5) is 0 Å². The molecule has 0 bridgehead atoms. The fourth-order valence-corrected chi connectivity index (χ4v) is 3.18. The zero-order chi connectivity index (χ0) is 15.1. The van der Waals surface area contributed by atoms with Gasteiger partial charge in [0.25, 0.3) is 0 Å². The van der Waals surface area contributed by atoms with Crippen molar-refractivity contribution in [3.8, 4) is 0 Å². The lowest BCUT2D eigenvalue weighted by molar-refractivity contribution is 0.270. The third-order valence-electron chi connectivity index (χ3n) is 4.15. The lowest BCUT2D eigenvalue weighted by Gasteiger charge is -2.21. The molecule has 1 aliphatic heterocycles. The van der Waals surface area contributed by atoms with Gasteiger partial charge in [0.05, 0.1) is 0 Å². The first-order chi connectivity index (χ1) is 10.1. The van der Waals surface area contributed by atoms with E-state index in [0.29, 0.717) is 12.1 Å². The van der Waals surface area contributed by atoms with E-state index in [1.165, 1.54) is 44.6 Å². The molecule has 118 valence electrons. The van der Waals surface area contributed by atoms with Crippen LogP contribution in [0.3, 0.4) is 0 Å². The molecule has 1 N–H and O–H groups in total. The van der Waals surface area contributed by atoms with E-state index in [0.717, 1.165) is 6.54 Å². The summed E-state index contributed by atoms with van der Waals surface area (Å²) in [5.41, 5.74) is 1.40. The van der Waals surface area contributed by atoms with Crippen molar-refractivity contribution >= 4 is 0 Å². The van der Waals surface area contributed by atoms with Gasteiger partial charge in [0.2, 0.25) is 0 Å². The van der Waals surface area contributed by atoms with Gasteiger partial charge in [-0.05, 0) is 45.1 Å². The van der Waals surface area contributed by atoms with Crippen LogP contribution in [0.2, 0.25) is 0 Å². The summed E-state index contributed by atoms with van der Waals surface area (Å²) in [6.45, 7) is 10.4. The zero-order valence-electron chi connectivity index (χ0n) is 13.9. The van der Waals surface area contributed by atoms with Gasteiger partial charge >= 0.3 is 0 Å². The highest BCUT2D eigenvalue weighted by Gasteiger charge is 2.21. The largest absolute Gasteiger partial charge is 0.310 e. The third-order valence-corrected chi connectivity index (χ3v) is 4.15. The van der Waals surface area contributed by atoms with Gasteiger partial charge in [-0.2, -0.15) is 0 Å². The van der Waals surface area contributed by atoms with Crippen molar-refractivity contribution in [2.24, 2.45) is 0 Å². The van der Waals surface area contributed by atoms with E-state index >= 15 is 0 Å². The van der Waals surface area contributed by atoms with E-state index in [1.54, 1.807) is 0 Å². The molecule has 2 rings (SSSR count). The van der Waals surface area contributed by atoms with Crippen molar-refractivity contribution in [2.75, 3.05) is 33.2 Å². The number of nitrogens with one attached hydrogen (secondary N) is 1. The van der Waals surface area contributed by atoms with Gasteiger partial charge in [-0.25, -0.2) is 0 Å². The van der Waals surface area contributed by atoms with Crippen LogP contribution < -0.4 is 5.32 Å². The molecule has 0 aliphatic carbocycles. The lowest BCUT2D eigenvalue weighted by Crippen LogP contribution is -2.37. The monoisotopic (exact) mass is 289 g/mol. The van der Waals surface area contributed by atoms with E-state index in [4.69, 9.17) is 0 Å². The number of hydrogen-bond acceptors (Lipinski definition) is 3. The van der Waals surface area contributed by atoms with Crippen LogP contribution >= 0.6 is 0 Å². The average Bonchev–Trinajstić information content (AvgIpc) is 2.86. The Bertz CT molecular complexity index is 391. The maximum atomic E-state index is 3.65. The summed E-state index contributed by atoms with van der Waals surface area (Å²) in [6.07, 6.45) is 2.57. The Labute approximate surface area is 130 Å². The molecular weight excluding hydrogens is 258 g/mol. The first-order valence-electron chi connectivity index (χ1n) is 8.34. The molecule has 0 amide bonds. The maximum Gasteiger partial charge on any atom is 0.0230 e. The Balaban J connectivity index is 1.59. The molecule has 1 aliphatic rings. The summed E-state index contributed by atoms with van der Waals surface area (Å²) in [5.74, 6) is 0. The van der Waals surface area contributed by atoms with Gasteiger partial charge in [-0.1, -0.05) is 44.2 Å². The molecule has 1 saturated heterocycles. The van der Waals surface area contributed by atoms with E-state index in [-0.39, 0.29) is 0 Å². The first kappa shape index (κ1) is 16.5. The maximum absolute atomic E-state index is 3.65. The fourth-order valence-electron chi connectivity index (χ4n) is 3.18. The molecule has 1 unspecified atom stereocenters. The molecule has 1 aromatic rings. The third kappa shape index (κ3) is 6.16. The van der Waals surface area contributed by atoms with E-state index in [9.17, 15) is 0 Å². The number of benzene rings is 1. The van der Waals surface area contributed by atoms with Crippen molar-refractivity contribution in [3.05, 3.63) is 35.9 Å². The van der Waals surface area contributed by atoms with Crippen molar-refractivity contribution in [1.82, 2.24) is 15.1 Å². The number of rotatable bonds is 8. The molecule has 0 saturated carbocycles. The molecule has 1 heterocycles. The van der Waals surface area contributed by atoms with Crippen molar-refractivity contribution in [2.45, 2.75) is 45.3 Å². The predicted molar refractivity (Wildman–Crippen MR) is 90.5 cm³/mol. The summed E-state index contributed by atoms with van der Waals surface area (Å²) >= 11 is 0. The van der Waals surface area contributed by atoms with Gasteiger partial charge in [0, 0.05) is 25.2 Å². The highest BCUT2D eigenvalue weighted by atomic mass is 15.2. The van der Waals surface area contributed by atoms with Crippen molar-refractivity contribution in [1.29, 1.82) is 0 Å². The molecule has 0 radical (unpaired) electrons. The topological polar surface area (TPSA) is 18.5 Å². The van der Waals surface area contributed by atoms with Gasteiger partial charge in [0.1, 0.15) is 0 Å². The molecule has 1 aromatic carbocycles. The van der Waals surface area contributed by atoms with E-state index in [2.05, 4.69) is 66.3 Å². The van der Waals surface area contributed by atoms with Crippen LogP contribution in [0.25, 0.3) is 0 Å². The molecule has 1 fully saturated rings. The second-order valence-electron chi connectivity index (χ2n) is 6.68. The van der Waals surface area contributed by atoms with Gasteiger partial charge in [-0.15, -0.1) is 0 Å². The summed E-state index contributed by atoms with van der Waals surface area (Å²) in [5, 5.41) is 3.65. The second-order valence-corrected chi connectivity index (χ2v) is 6.68. The minimum absolute atomic E-state index is 0.604. The Morgan fingerprint density at radius 3 is 2.76 bits per heavy atom. The molecule has 0 spiro atoms. The Morgan fingerprint density at radius 1 is 1.29 bits per heavy atom. The number of likely N-dealkylation sites (tertiary alicyclic amines) is 1. The minimum Gasteiger partial charge on any atom is -0.310 e. The lowest BCUT2D eigenvalue weighted by atomic mass is 10.2. The Kier molecular flexibility index (Phi) is 6.68. The van der Waals surface area contributed by atoms with Crippen LogP contribution in [0, 0.1) is 0 Å². The smallest absolute Gasteiger partial charge is 0.0230 e. The molecule has 1 atom stereocenters. The Hall–Kier alpha value is -0.900. The minimum atomic E-state index is 0.604. The van der Waals surface area contributed by atoms with Crippen molar-refractivity contribution < 1.29 is 0 Å². The molecular formula is C18H31N3. The molecule has 3 nitrogen and oxygen atoms in total. The Morgan fingerprint density at radius 2 is 2.05 bits per heavy atom. The van der Waals surface area contributed by atoms with Gasteiger partial charge in [-0.3, -0.25) is 0 Å². The van der Waals surface area contributed by atoms with Crippen LogP contribution in [-0.4, -0.2) is 55.1 Å². The number of nitrogens with zero attached hydrogens (tertiary/aromatic N) is 2. The van der Waals surface area contributed by atoms with Gasteiger partial charge in [0.15, 0.2) is 0 Å².